The number of methoxy groups -OCH3 is 1. The number of hydrogen-bond acceptors (Lipinski definition) is 4. The van der Waals surface area contributed by atoms with E-state index in [1.54, 1.807) is 16.7 Å². The Labute approximate surface area is 195 Å². The highest BCUT2D eigenvalue weighted by Gasteiger charge is 2.20. The summed E-state index contributed by atoms with van der Waals surface area (Å²) in [6.45, 7) is 6.58. The summed E-state index contributed by atoms with van der Waals surface area (Å²) in [7, 11) is 1.62. The van der Waals surface area contributed by atoms with Gasteiger partial charge >= 0.3 is 0 Å². The Morgan fingerprint density at radius 2 is 1.79 bits per heavy atom. The van der Waals surface area contributed by atoms with Crippen LogP contribution in [0.3, 0.4) is 0 Å². The van der Waals surface area contributed by atoms with Gasteiger partial charge < -0.3 is 15.0 Å². The SMILES string of the molecule is CCCC(=O)N(CC(=O)Nc1cc(-c2ccccc2)nn1-c1ccc(OC)cc1)CC(C)C. The molecule has 174 valence electrons. The normalized spacial score (nSPS) is 10.8. The van der Waals surface area contributed by atoms with Crippen molar-refractivity contribution in [3.8, 4) is 22.7 Å². The van der Waals surface area contributed by atoms with E-state index in [2.05, 4.69) is 5.32 Å². The largest absolute Gasteiger partial charge is 0.497 e. The second kappa shape index (κ2) is 11.3. The molecule has 0 aliphatic rings. The van der Waals surface area contributed by atoms with Gasteiger partial charge in [0.15, 0.2) is 0 Å². The third kappa shape index (κ3) is 6.44. The molecule has 0 radical (unpaired) electrons. The Balaban J connectivity index is 1.88. The summed E-state index contributed by atoms with van der Waals surface area (Å²) in [6.07, 6.45) is 1.18. The number of amides is 2. The topological polar surface area (TPSA) is 76.5 Å². The molecule has 0 fully saturated rings. The van der Waals surface area contributed by atoms with E-state index in [9.17, 15) is 9.59 Å². The van der Waals surface area contributed by atoms with Gasteiger partial charge in [-0.05, 0) is 36.6 Å². The number of benzene rings is 2. The maximum Gasteiger partial charge on any atom is 0.245 e. The lowest BCUT2D eigenvalue weighted by Crippen LogP contribution is -2.40. The lowest BCUT2D eigenvalue weighted by atomic mass is 10.1. The van der Waals surface area contributed by atoms with E-state index in [-0.39, 0.29) is 24.3 Å². The number of nitrogens with zero attached hydrogens (tertiary/aromatic N) is 3. The van der Waals surface area contributed by atoms with Crippen molar-refractivity contribution in [3.63, 3.8) is 0 Å². The van der Waals surface area contributed by atoms with Gasteiger partial charge in [0.25, 0.3) is 0 Å². The van der Waals surface area contributed by atoms with Gasteiger partial charge in [0, 0.05) is 24.6 Å². The average molecular weight is 449 g/mol. The number of hydrogen-bond donors (Lipinski definition) is 1. The molecule has 0 aliphatic carbocycles. The second-order valence-electron chi connectivity index (χ2n) is 8.36. The van der Waals surface area contributed by atoms with Crippen LogP contribution in [-0.4, -0.2) is 46.7 Å². The Hall–Kier alpha value is -3.61. The molecular weight excluding hydrogens is 416 g/mol. The van der Waals surface area contributed by atoms with Crippen LogP contribution in [0, 0.1) is 5.92 Å². The van der Waals surface area contributed by atoms with Gasteiger partial charge in [-0.3, -0.25) is 9.59 Å². The Morgan fingerprint density at radius 1 is 1.09 bits per heavy atom. The first-order valence-corrected chi connectivity index (χ1v) is 11.3. The molecule has 1 N–H and O–H groups in total. The molecular formula is C26H32N4O3. The molecule has 0 aliphatic heterocycles. The predicted octanol–water partition coefficient (Wildman–Crippen LogP) is 4.77. The van der Waals surface area contributed by atoms with Crippen LogP contribution in [0.15, 0.2) is 60.7 Å². The van der Waals surface area contributed by atoms with Gasteiger partial charge in [0.1, 0.15) is 11.6 Å². The first-order valence-electron chi connectivity index (χ1n) is 11.3. The summed E-state index contributed by atoms with van der Waals surface area (Å²) in [6, 6.07) is 19.1. The van der Waals surface area contributed by atoms with Crippen molar-refractivity contribution in [1.29, 1.82) is 0 Å². The number of aromatic nitrogens is 2. The molecule has 3 aromatic rings. The number of anilines is 1. The number of rotatable bonds is 10. The third-order valence-electron chi connectivity index (χ3n) is 5.10. The number of ether oxygens (including phenoxy) is 1. The minimum absolute atomic E-state index is 0.00464. The van der Waals surface area contributed by atoms with Crippen molar-refractivity contribution in [2.45, 2.75) is 33.6 Å². The fraction of sp³-hybridized carbons (Fsp3) is 0.346. The van der Waals surface area contributed by atoms with Crippen LogP contribution in [0.2, 0.25) is 0 Å². The Kier molecular flexibility index (Phi) is 8.24. The molecule has 0 saturated heterocycles. The van der Waals surface area contributed by atoms with Crippen molar-refractivity contribution in [2.24, 2.45) is 5.92 Å². The van der Waals surface area contributed by atoms with Crippen molar-refractivity contribution >= 4 is 17.6 Å². The summed E-state index contributed by atoms with van der Waals surface area (Å²) in [5.41, 5.74) is 2.47. The first-order chi connectivity index (χ1) is 15.9. The molecule has 2 aromatic carbocycles. The molecule has 0 saturated carbocycles. The van der Waals surface area contributed by atoms with Crippen LogP contribution in [0.1, 0.15) is 33.6 Å². The Bertz CT molecular complexity index is 1060. The monoisotopic (exact) mass is 448 g/mol. The zero-order chi connectivity index (χ0) is 23.8. The van der Waals surface area contributed by atoms with Gasteiger partial charge in [-0.25, -0.2) is 4.68 Å². The molecule has 0 spiro atoms. The highest BCUT2D eigenvalue weighted by Crippen LogP contribution is 2.26. The van der Waals surface area contributed by atoms with Gasteiger partial charge in [0.05, 0.1) is 25.0 Å². The maximum atomic E-state index is 13.0. The standard InChI is InChI=1S/C26H32N4O3/c1-5-9-26(32)29(17-19(2)3)18-25(31)27-24-16-23(20-10-7-6-8-11-20)28-30(24)21-12-14-22(33-4)15-13-21/h6-8,10-16,19H,5,9,17-18H2,1-4H3,(H,27,31). The van der Waals surface area contributed by atoms with E-state index in [1.165, 1.54) is 0 Å². The minimum atomic E-state index is -0.255. The quantitative estimate of drug-likeness (QED) is 0.485. The molecule has 7 nitrogen and oxygen atoms in total. The van der Waals surface area contributed by atoms with Crippen LogP contribution in [-0.2, 0) is 9.59 Å². The summed E-state index contributed by atoms with van der Waals surface area (Å²) in [5, 5.41) is 7.70. The zero-order valence-electron chi connectivity index (χ0n) is 19.7. The number of carbonyl (C=O) groups is 2. The van der Waals surface area contributed by atoms with Crippen LogP contribution in [0.5, 0.6) is 5.75 Å². The van der Waals surface area contributed by atoms with E-state index in [0.717, 1.165) is 29.1 Å². The zero-order valence-corrected chi connectivity index (χ0v) is 19.7. The molecule has 2 amide bonds. The summed E-state index contributed by atoms with van der Waals surface area (Å²) < 4.78 is 6.95. The molecule has 7 heteroatoms. The highest BCUT2D eigenvalue weighted by molar-refractivity contribution is 5.94. The molecule has 0 unspecified atom stereocenters. The van der Waals surface area contributed by atoms with Gasteiger partial charge in [-0.15, -0.1) is 0 Å². The first kappa shape index (κ1) is 24.0. The molecule has 1 aromatic heterocycles. The summed E-state index contributed by atoms with van der Waals surface area (Å²) in [5.74, 6) is 1.28. The van der Waals surface area contributed by atoms with Crippen molar-refractivity contribution in [2.75, 3.05) is 25.5 Å². The van der Waals surface area contributed by atoms with E-state index in [1.807, 2.05) is 81.4 Å². The number of carbonyl (C=O) groups excluding carboxylic acids is 2. The summed E-state index contributed by atoms with van der Waals surface area (Å²) in [4.78, 5) is 27.1. The van der Waals surface area contributed by atoms with Crippen LogP contribution >= 0.6 is 0 Å². The van der Waals surface area contributed by atoms with E-state index in [4.69, 9.17) is 9.84 Å². The smallest absolute Gasteiger partial charge is 0.245 e. The van der Waals surface area contributed by atoms with E-state index >= 15 is 0 Å². The molecule has 1 heterocycles. The fourth-order valence-electron chi connectivity index (χ4n) is 3.56. The lowest BCUT2D eigenvalue weighted by Gasteiger charge is -2.24. The average Bonchev–Trinajstić information content (AvgIpc) is 3.22. The summed E-state index contributed by atoms with van der Waals surface area (Å²) >= 11 is 0. The van der Waals surface area contributed by atoms with Gasteiger partial charge in [-0.1, -0.05) is 51.1 Å². The molecule has 0 bridgehead atoms. The lowest BCUT2D eigenvalue weighted by molar-refractivity contribution is -0.135. The van der Waals surface area contributed by atoms with Crippen molar-refractivity contribution in [3.05, 3.63) is 60.7 Å². The van der Waals surface area contributed by atoms with Crippen LogP contribution < -0.4 is 10.1 Å². The maximum absolute atomic E-state index is 13.0. The molecule has 3 rings (SSSR count). The van der Waals surface area contributed by atoms with Crippen molar-refractivity contribution in [1.82, 2.24) is 14.7 Å². The fourth-order valence-corrected chi connectivity index (χ4v) is 3.56. The predicted molar refractivity (Wildman–Crippen MR) is 131 cm³/mol. The minimum Gasteiger partial charge on any atom is -0.497 e. The number of nitrogens with one attached hydrogen (secondary N) is 1. The van der Waals surface area contributed by atoms with E-state index in [0.29, 0.717) is 18.8 Å². The van der Waals surface area contributed by atoms with E-state index < -0.39 is 0 Å². The highest BCUT2D eigenvalue weighted by atomic mass is 16.5. The van der Waals surface area contributed by atoms with Gasteiger partial charge in [-0.2, -0.15) is 5.10 Å². The molecule has 0 atom stereocenters. The second-order valence-corrected chi connectivity index (χ2v) is 8.36. The van der Waals surface area contributed by atoms with Gasteiger partial charge in [0.2, 0.25) is 11.8 Å². The Morgan fingerprint density at radius 3 is 2.39 bits per heavy atom. The van der Waals surface area contributed by atoms with Crippen LogP contribution in [0.4, 0.5) is 5.82 Å². The van der Waals surface area contributed by atoms with Crippen LogP contribution in [0.25, 0.3) is 16.9 Å². The third-order valence-corrected chi connectivity index (χ3v) is 5.10. The molecule has 33 heavy (non-hydrogen) atoms. The van der Waals surface area contributed by atoms with Crippen molar-refractivity contribution < 1.29 is 14.3 Å².